The number of carbonyl (C=O) groups excluding carboxylic acids is 2. The summed E-state index contributed by atoms with van der Waals surface area (Å²) < 4.78 is 0. The zero-order chi connectivity index (χ0) is 18.4. The Balaban J connectivity index is 1.49. The molecular formula is C18H25N5O3. The molecule has 3 heterocycles. The number of nitrogens with one attached hydrogen (secondary N) is 2. The molecule has 0 aliphatic carbocycles. The normalized spacial score (nSPS) is 20.4. The summed E-state index contributed by atoms with van der Waals surface area (Å²) >= 11 is 0. The lowest BCUT2D eigenvalue weighted by molar-refractivity contribution is -0.124. The van der Waals surface area contributed by atoms with E-state index in [0.29, 0.717) is 6.54 Å². The van der Waals surface area contributed by atoms with E-state index >= 15 is 0 Å². The molecular weight excluding hydrogens is 334 g/mol. The molecule has 2 fully saturated rings. The van der Waals surface area contributed by atoms with Crippen LogP contribution in [0.4, 0.5) is 10.6 Å². The van der Waals surface area contributed by atoms with Crippen LogP contribution in [0.5, 0.6) is 0 Å². The number of nitrogens with zero attached hydrogens (tertiary/aromatic N) is 3. The molecule has 0 spiro atoms. The number of hydrogen-bond acceptors (Lipinski definition) is 5. The first-order valence-electron chi connectivity index (χ1n) is 9.04. The first-order valence-corrected chi connectivity index (χ1v) is 9.04. The summed E-state index contributed by atoms with van der Waals surface area (Å²) in [6.45, 7) is 3.20. The fourth-order valence-corrected chi connectivity index (χ4v) is 3.34. The summed E-state index contributed by atoms with van der Waals surface area (Å²) in [6, 6.07) is 4.02. The minimum absolute atomic E-state index is 0.157. The molecule has 0 radical (unpaired) electrons. The smallest absolute Gasteiger partial charge is 0.320 e. The first kappa shape index (κ1) is 18.2. The van der Waals surface area contributed by atoms with Crippen molar-refractivity contribution in [2.24, 2.45) is 0 Å². The van der Waals surface area contributed by atoms with Crippen molar-refractivity contribution in [2.45, 2.75) is 31.7 Å². The zero-order valence-corrected chi connectivity index (χ0v) is 14.7. The van der Waals surface area contributed by atoms with Crippen molar-refractivity contribution in [2.75, 3.05) is 31.5 Å². The number of carbonyl (C=O) groups is 2. The number of hydroxylamine groups is 1. The lowest BCUT2D eigenvalue weighted by Gasteiger charge is -2.31. The fraction of sp³-hybridized carbons (Fsp3) is 0.500. The third kappa shape index (κ3) is 4.72. The summed E-state index contributed by atoms with van der Waals surface area (Å²) in [5, 5.41) is 11.8. The van der Waals surface area contributed by atoms with Crippen LogP contribution in [0.25, 0.3) is 6.08 Å². The molecule has 0 unspecified atom stereocenters. The van der Waals surface area contributed by atoms with E-state index in [0.717, 1.165) is 50.3 Å². The maximum atomic E-state index is 12.5. The summed E-state index contributed by atoms with van der Waals surface area (Å²) in [4.78, 5) is 31.7. The summed E-state index contributed by atoms with van der Waals surface area (Å²) in [5.74, 6) is 0.155. The second-order valence-electron chi connectivity index (χ2n) is 6.69. The molecule has 2 saturated heterocycles. The number of pyridine rings is 1. The van der Waals surface area contributed by atoms with Crippen molar-refractivity contribution in [1.82, 2.24) is 20.3 Å². The van der Waals surface area contributed by atoms with Crippen LogP contribution in [0.1, 0.15) is 31.2 Å². The van der Waals surface area contributed by atoms with Gasteiger partial charge < -0.3 is 15.1 Å². The van der Waals surface area contributed by atoms with Gasteiger partial charge in [0, 0.05) is 44.5 Å². The van der Waals surface area contributed by atoms with Crippen LogP contribution in [0.15, 0.2) is 24.4 Å². The van der Waals surface area contributed by atoms with Crippen molar-refractivity contribution >= 4 is 23.8 Å². The summed E-state index contributed by atoms with van der Waals surface area (Å²) in [6.07, 6.45) is 8.77. The molecule has 0 saturated carbocycles. The molecule has 8 heteroatoms. The Morgan fingerprint density at radius 1 is 1.15 bits per heavy atom. The number of hydrogen-bond donors (Lipinski definition) is 3. The topological polar surface area (TPSA) is 97.8 Å². The lowest BCUT2D eigenvalue weighted by atomic mass is 10.1. The average molecular weight is 359 g/mol. The molecule has 3 amide bonds. The first-order chi connectivity index (χ1) is 12.7. The van der Waals surface area contributed by atoms with Gasteiger partial charge in [-0.25, -0.2) is 15.3 Å². The van der Waals surface area contributed by atoms with E-state index in [-0.39, 0.29) is 12.1 Å². The van der Waals surface area contributed by atoms with E-state index in [2.05, 4.69) is 10.3 Å². The van der Waals surface area contributed by atoms with E-state index in [1.54, 1.807) is 12.3 Å². The quantitative estimate of drug-likeness (QED) is 0.432. The summed E-state index contributed by atoms with van der Waals surface area (Å²) in [5.41, 5.74) is 2.29. The average Bonchev–Trinajstić information content (AvgIpc) is 3.15. The van der Waals surface area contributed by atoms with Gasteiger partial charge in [0.25, 0.3) is 5.91 Å². The standard InChI is InChI=1S/C18H25N5O3/c24-17(21-26)7-5-14-4-6-16(19-12-14)20-15-8-11-23(13-15)18(25)22-9-2-1-3-10-22/h4-7,12,15,26H,1-3,8-11,13H2,(H,19,20)(H,21,24)/b7-5+/t15-/m1/s1. The van der Waals surface area contributed by atoms with E-state index in [1.165, 1.54) is 18.0 Å². The monoisotopic (exact) mass is 359 g/mol. The van der Waals surface area contributed by atoms with Gasteiger partial charge in [-0.2, -0.15) is 0 Å². The Kier molecular flexibility index (Phi) is 6.06. The SMILES string of the molecule is O=C(/C=C/c1ccc(N[C@@H]2CCN(C(=O)N3CCCCC3)C2)nc1)NO. The molecule has 1 aromatic heterocycles. The highest BCUT2D eigenvalue weighted by Crippen LogP contribution is 2.18. The minimum Gasteiger partial charge on any atom is -0.365 e. The zero-order valence-electron chi connectivity index (χ0n) is 14.7. The van der Waals surface area contributed by atoms with E-state index < -0.39 is 5.91 Å². The largest absolute Gasteiger partial charge is 0.365 e. The van der Waals surface area contributed by atoms with Gasteiger partial charge >= 0.3 is 6.03 Å². The maximum Gasteiger partial charge on any atom is 0.320 e. The van der Waals surface area contributed by atoms with E-state index in [4.69, 9.17) is 5.21 Å². The highest BCUT2D eigenvalue weighted by molar-refractivity contribution is 5.90. The van der Waals surface area contributed by atoms with Crippen LogP contribution < -0.4 is 10.8 Å². The van der Waals surface area contributed by atoms with Gasteiger partial charge in [0.2, 0.25) is 0 Å². The Bertz CT molecular complexity index is 655. The van der Waals surface area contributed by atoms with Crippen LogP contribution in [0.3, 0.4) is 0 Å². The predicted octanol–water partition coefficient (Wildman–Crippen LogP) is 1.69. The van der Waals surface area contributed by atoms with Gasteiger partial charge in [0.05, 0.1) is 0 Å². The minimum atomic E-state index is -0.586. The third-order valence-corrected chi connectivity index (χ3v) is 4.76. The maximum absolute atomic E-state index is 12.5. The molecule has 140 valence electrons. The molecule has 2 aliphatic rings. The molecule has 3 N–H and O–H groups in total. The fourth-order valence-electron chi connectivity index (χ4n) is 3.34. The van der Waals surface area contributed by atoms with Gasteiger partial charge in [-0.3, -0.25) is 10.0 Å². The van der Waals surface area contributed by atoms with Gasteiger partial charge in [0.1, 0.15) is 5.82 Å². The van der Waals surface area contributed by atoms with Crippen LogP contribution in [0, 0.1) is 0 Å². The number of piperidine rings is 1. The van der Waals surface area contributed by atoms with Crippen LogP contribution >= 0.6 is 0 Å². The molecule has 0 bridgehead atoms. The molecule has 0 aromatic carbocycles. The van der Waals surface area contributed by atoms with Gasteiger partial charge in [0.15, 0.2) is 0 Å². The number of aromatic nitrogens is 1. The van der Waals surface area contributed by atoms with Crippen LogP contribution in [-0.2, 0) is 4.79 Å². The second-order valence-corrected chi connectivity index (χ2v) is 6.69. The molecule has 1 atom stereocenters. The predicted molar refractivity (Wildman–Crippen MR) is 97.6 cm³/mol. The Morgan fingerprint density at radius 3 is 2.65 bits per heavy atom. The van der Waals surface area contributed by atoms with Crippen molar-refractivity contribution < 1.29 is 14.8 Å². The van der Waals surface area contributed by atoms with Crippen LogP contribution in [0.2, 0.25) is 0 Å². The van der Waals surface area contributed by atoms with E-state index in [9.17, 15) is 9.59 Å². The second kappa shape index (κ2) is 8.66. The van der Waals surface area contributed by atoms with Crippen molar-refractivity contribution in [3.05, 3.63) is 30.0 Å². The Morgan fingerprint density at radius 2 is 1.96 bits per heavy atom. The van der Waals surface area contributed by atoms with Gasteiger partial charge in [-0.05, 0) is 49.5 Å². The molecule has 8 nitrogen and oxygen atoms in total. The van der Waals surface area contributed by atoms with Crippen LogP contribution in [-0.4, -0.2) is 64.2 Å². The number of anilines is 1. The molecule has 1 aromatic rings. The van der Waals surface area contributed by atoms with Gasteiger partial charge in [-0.1, -0.05) is 0 Å². The number of rotatable bonds is 4. The number of amides is 3. The summed E-state index contributed by atoms with van der Waals surface area (Å²) in [7, 11) is 0. The van der Waals surface area contributed by atoms with Gasteiger partial charge in [-0.15, -0.1) is 0 Å². The van der Waals surface area contributed by atoms with Crippen molar-refractivity contribution in [3.8, 4) is 0 Å². The Labute approximate surface area is 152 Å². The molecule has 26 heavy (non-hydrogen) atoms. The highest BCUT2D eigenvalue weighted by atomic mass is 16.5. The molecule has 3 rings (SSSR count). The number of urea groups is 1. The Hall–Kier alpha value is -2.61. The highest BCUT2D eigenvalue weighted by Gasteiger charge is 2.29. The lowest BCUT2D eigenvalue weighted by Crippen LogP contribution is -2.45. The van der Waals surface area contributed by atoms with Crippen molar-refractivity contribution in [3.63, 3.8) is 0 Å². The molecule has 2 aliphatic heterocycles. The van der Waals surface area contributed by atoms with E-state index in [1.807, 2.05) is 21.9 Å². The third-order valence-electron chi connectivity index (χ3n) is 4.76. The van der Waals surface area contributed by atoms with Crippen molar-refractivity contribution in [1.29, 1.82) is 0 Å². The number of likely N-dealkylation sites (tertiary alicyclic amines) is 2.